The molecule has 1 aliphatic carbocycles. The molecule has 0 radical (unpaired) electrons. The number of nitrogens with zero attached hydrogens (tertiary/aromatic N) is 1. The number of carboxylic acids is 1. The van der Waals surface area contributed by atoms with E-state index in [1.54, 1.807) is 0 Å². The van der Waals surface area contributed by atoms with Gasteiger partial charge in [-0.15, -0.1) is 0 Å². The summed E-state index contributed by atoms with van der Waals surface area (Å²) in [5, 5.41) is 11.7. The first-order chi connectivity index (χ1) is 15.9. The van der Waals surface area contributed by atoms with Gasteiger partial charge in [0, 0.05) is 24.8 Å². The highest BCUT2D eigenvalue weighted by Crippen LogP contribution is 2.44. The first-order valence-electron chi connectivity index (χ1n) is 11.0. The van der Waals surface area contributed by atoms with E-state index in [1.165, 1.54) is 27.8 Å². The lowest BCUT2D eigenvalue weighted by Crippen LogP contribution is -2.39. The van der Waals surface area contributed by atoms with Crippen molar-refractivity contribution in [3.63, 3.8) is 0 Å². The maximum absolute atomic E-state index is 12.3. The van der Waals surface area contributed by atoms with Crippen LogP contribution in [-0.4, -0.2) is 65.7 Å². The molecule has 0 saturated carbocycles. The molecule has 0 aliphatic heterocycles. The second-order valence-electron chi connectivity index (χ2n) is 8.37. The molecule has 0 bridgehead atoms. The van der Waals surface area contributed by atoms with E-state index in [0.29, 0.717) is 18.8 Å². The largest absolute Gasteiger partial charge is 0.480 e. The molecule has 0 fully saturated rings. The van der Waals surface area contributed by atoms with Gasteiger partial charge < -0.3 is 20.1 Å². The number of nitrogens with one attached hydrogen (secondary N) is 1. The van der Waals surface area contributed by atoms with Gasteiger partial charge in [0.1, 0.15) is 13.2 Å². The van der Waals surface area contributed by atoms with Crippen LogP contribution in [0, 0.1) is 5.92 Å². The summed E-state index contributed by atoms with van der Waals surface area (Å²) in [6.45, 7) is 4.60. The third kappa shape index (κ3) is 6.74. The molecule has 33 heavy (non-hydrogen) atoms. The van der Waals surface area contributed by atoms with Gasteiger partial charge in [-0.1, -0.05) is 62.4 Å². The van der Waals surface area contributed by atoms with Crippen LogP contribution < -0.4 is 5.32 Å². The van der Waals surface area contributed by atoms with E-state index >= 15 is 0 Å². The fraction of sp³-hybridized carbons (Fsp3) is 0.400. The zero-order chi connectivity index (χ0) is 23.8. The number of thioether (sulfide) groups is 1. The number of aliphatic carboxylic acids is 1. The Bertz CT molecular complexity index is 949. The fourth-order valence-corrected chi connectivity index (χ4v) is 4.73. The zero-order valence-corrected chi connectivity index (χ0v) is 19.8. The predicted octanol–water partition coefficient (Wildman–Crippen LogP) is 3.83. The molecule has 0 unspecified atom stereocenters. The SMILES string of the molecule is CC(C)CN(CC(=O)O)C(=O)CSCCNC(=O)OCC1c2ccccc2-c2ccccc21. The number of hydrogen-bond donors (Lipinski definition) is 2. The Balaban J connectivity index is 1.40. The van der Waals surface area contributed by atoms with Crippen molar-refractivity contribution in [2.45, 2.75) is 19.8 Å². The zero-order valence-electron chi connectivity index (χ0n) is 19.0. The van der Waals surface area contributed by atoms with Crippen LogP contribution in [0.15, 0.2) is 48.5 Å². The van der Waals surface area contributed by atoms with Gasteiger partial charge in [-0.25, -0.2) is 4.79 Å². The first-order valence-corrected chi connectivity index (χ1v) is 12.2. The van der Waals surface area contributed by atoms with Crippen LogP contribution in [0.3, 0.4) is 0 Å². The minimum Gasteiger partial charge on any atom is -0.480 e. The number of ether oxygens (including phenoxy) is 1. The molecule has 1 aliphatic rings. The number of carbonyl (C=O) groups excluding carboxylic acids is 2. The molecule has 3 rings (SSSR count). The monoisotopic (exact) mass is 470 g/mol. The van der Waals surface area contributed by atoms with Crippen molar-refractivity contribution < 1.29 is 24.2 Å². The normalized spacial score (nSPS) is 12.2. The molecule has 8 heteroatoms. The van der Waals surface area contributed by atoms with Crippen LogP contribution in [0.1, 0.15) is 30.9 Å². The third-order valence-corrected chi connectivity index (χ3v) is 6.29. The minimum atomic E-state index is -1.02. The van der Waals surface area contributed by atoms with Gasteiger partial charge in [-0.3, -0.25) is 9.59 Å². The summed E-state index contributed by atoms with van der Waals surface area (Å²) in [5.74, 6) is -0.335. The Labute approximate surface area is 198 Å². The van der Waals surface area contributed by atoms with E-state index in [4.69, 9.17) is 9.84 Å². The van der Waals surface area contributed by atoms with Gasteiger partial charge in [-0.2, -0.15) is 11.8 Å². The summed E-state index contributed by atoms with van der Waals surface area (Å²) >= 11 is 1.36. The minimum absolute atomic E-state index is 0.0105. The number of rotatable bonds is 11. The van der Waals surface area contributed by atoms with Gasteiger partial charge in [0.15, 0.2) is 0 Å². The molecule has 7 nitrogen and oxygen atoms in total. The lowest BCUT2D eigenvalue weighted by atomic mass is 9.98. The number of amides is 2. The smallest absolute Gasteiger partial charge is 0.407 e. The van der Waals surface area contributed by atoms with Gasteiger partial charge in [0.2, 0.25) is 5.91 Å². The molecular weight excluding hydrogens is 440 g/mol. The van der Waals surface area contributed by atoms with E-state index in [-0.39, 0.29) is 36.6 Å². The Morgan fingerprint density at radius 3 is 2.24 bits per heavy atom. The van der Waals surface area contributed by atoms with E-state index in [1.807, 2.05) is 38.1 Å². The Morgan fingerprint density at radius 2 is 1.67 bits per heavy atom. The lowest BCUT2D eigenvalue weighted by Gasteiger charge is -2.22. The Hall–Kier alpha value is -3.00. The fourth-order valence-electron chi connectivity index (χ4n) is 3.98. The number of fused-ring (bicyclic) bond motifs is 3. The molecule has 176 valence electrons. The molecule has 2 aromatic rings. The molecule has 0 heterocycles. The molecule has 2 aromatic carbocycles. The van der Waals surface area contributed by atoms with Gasteiger partial charge in [0.25, 0.3) is 0 Å². The van der Waals surface area contributed by atoms with Crippen molar-refractivity contribution in [1.82, 2.24) is 10.2 Å². The van der Waals surface area contributed by atoms with Gasteiger partial charge in [-0.05, 0) is 28.2 Å². The first kappa shape index (κ1) is 24.6. The van der Waals surface area contributed by atoms with Crippen LogP contribution in [0.2, 0.25) is 0 Å². The molecule has 0 aromatic heterocycles. The standard InChI is InChI=1S/C25H30N2O5S/c1-17(2)13-27(14-24(29)30)23(28)16-33-12-11-26-25(31)32-15-22-20-9-5-3-7-18(20)19-8-4-6-10-21(19)22/h3-10,17,22H,11-16H2,1-2H3,(H,26,31)(H,29,30). The molecular formula is C25H30N2O5S. The average Bonchev–Trinajstić information content (AvgIpc) is 3.10. The summed E-state index contributed by atoms with van der Waals surface area (Å²) in [6.07, 6.45) is -0.490. The summed E-state index contributed by atoms with van der Waals surface area (Å²) in [6, 6.07) is 16.3. The Kier molecular flexibility index (Phi) is 8.77. The van der Waals surface area contributed by atoms with Crippen LogP contribution in [0.5, 0.6) is 0 Å². The van der Waals surface area contributed by atoms with Crippen molar-refractivity contribution in [2.75, 3.05) is 37.7 Å². The van der Waals surface area contributed by atoms with Gasteiger partial charge in [0.05, 0.1) is 5.75 Å². The lowest BCUT2D eigenvalue weighted by molar-refractivity contribution is -0.143. The number of carboxylic acid groups (broad SMARTS) is 1. The third-order valence-electron chi connectivity index (χ3n) is 5.35. The Morgan fingerprint density at radius 1 is 1.06 bits per heavy atom. The van der Waals surface area contributed by atoms with Crippen molar-refractivity contribution >= 4 is 29.7 Å². The van der Waals surface area contributed by atoms with Crippen LogP contribution >= 0.6 is 11.8 Å². The van der Waals surface area contributed by atoms with E-state index in [2.05, 4.69) is 29.6 Å². The van der Waals surface area contributed by atoms with Crippen molar-refractivity contribution in [2.24, 2.45) is 5.92 Å². The average molecular weight is 471 g/mol. The van der Waals surface area contributed by atoms with E-state index in [0.717, 1.165) is 11.1 Å². The summed E-state index contributed by atoms with van der Waals surface area (Å²) in [5.41, 5.74) is 4.68. The molecule has 2 N–H and O–H groups in total. The van der Waals surface area contributed by atoms with Crippen LogP contribution in [0.25, 0.3) is 11.1 Å². The number of hydrogen-bond acceptors (Lipinski definition) is 5. The van der Waals surface area contributed by atoms with Crippen molar-refractivity contribution in [3.05, 3.63) is 59.7 Å². The highest BCUT2D eigenvalue weighted by molar-refractivity contribution is 7.99. The number of carbonyl (C=O) groups is 3. The summed E-state index contributed by atoms with van der Waals surface area (Å²) in [4.78, 5) is 36.8. The van der Waals surface area contributed by atoms with Crippen molar-refractivity contribution in [3.8, 4) is 11.1 Å². The molecule has 0 saturated heterocycles. The highest BCUT2D eigenvalue weighted by atomic mass is 32.2. The van der Waals surface area contributed by atoms with Crippen molar-refractivity contribution in [1.29, 1.82) is 0 Å². The summed E-state index contributed by atoms with van der Waals surface area (Å²) in [7, 11) is 0. The second-order valence-corrected chi connectivity index (χ2v) is 9.47. The molecule has 0 spiro atoms. The van der Waals surface area contributed by atoms with E-state index in [9.17, 15) is 14.4 Å². The number of alkyl carbamates (subject to hydrolysis) is 1. The van der Waals surface area contributed by atoms with Gasteiger partial charge >= 0.3 is 12.1 Å². The molecule has 2 amide bonds. The highest BCUT2D eigenvalue weighted by Gasteiger charge is 2.29. The second kappa shape index (κ2) is 11.7. The maximum Gasteiger partial charge on any atom is 0.407 e. The maximum atomic E-state index is 12.3. The van der Waals surface area contributed by atoms with Crippen LogP contribution in [-0.2, 0) is 14.3 Å². The van der Waals surface area contributed by atoms with Crippen LogP contribution in [0.4, 0.5) is 4.79 Å². The summed E-state index contributed by atoms with van der Waals surface area (Å²) < 4.78 is 5.49. The number of benzene rings is 2. The topological polar surface area (TPSA) is 95.9 Å². The molecule has 0 atom stereocenters. The van der Waals surface area contributed by atoms with E-state index < -0.39 is 12.1 Å². The predicted molar refractivity (Wildman–Crippen MR) is 129 cm³/mol. The quantitative estimate of drug-likeness (QED) is 0.485.